The van der Waals surface area contributed by atoms with E-state index in [1.54, 1.807) is 0 Å². The van der Waals surface area contributed by atoms with E-state index in [2.05, 4.69) is 85.1 Å². The lowest BCUT2D eigenvalue weighted by Gasteiger charge is -2.25. The first-order chi connectivity index (χ1) is 10.7. The Balaban J connectivity index is 2.02. The fraction of sp³-hybridized carbons (Fsp3) is 0.111. The SMILES string of the molecule is CC(SP(=S)(c1ccccc1)c1ccccc1)c1cccs1. The van der Waals surface area contributed by atoms with Crippen molar-refractivity contribution >= 4 is 50.4 Å². The van der Waals surface area contributed by atoms with Gasteiger partial charge in [-0.3, -0.25) is 0 Å². The third kappa shape index (κ3) is 3.38. The normalized spacial score (nSPS) is 13.0. The molecule has 112 valence electrons. The van der Waals surface area contributed by atoms with Crippen molar-refractivity contribution in [3.05, 3.63) is 83.1 Å². The van der Waals surface area contributed by atoms with Crippen LogP contribution in [-0.4, -0.2) is 0 Å². The fourth-order valence-electron chi connectivity index (χ4n) is 2.32. The predicted octanol–water partition coefficient (Wildman–Crippen LogP) is 5.59. The Morgan fingerprint density at radius 2 is 1.41 bits per heavy atom. The summed E-state index contributed by atoms with van der Waals surface area (Å²) in [5.41, 5.74) is 0. The highest BCUT2D eigenvalue weighted by Gasteiger charge is 2.26. The van der Waals surface area contributed by atoms with Gasteiger partial charge in [0.1, 0.15) is 0 Å². The summed E-state index contributed by atoms with van der Waals surface area (Å²) in [7, 11) is 0. The first kappa shape index (κ1) is 16.0. The van der Waals surface area contributed by atoms with Crippen LogP contribution in [0.15, 0.2) is 78.2 Å². The molecule has 0 aliphatic heterocycles. The molecule has 0 N–H and O–H groups in total. The Hall–Kier alpha value is -0.860. The van der Waals surface area contributed by atoms with Gasteiger partial charge in [-0.15, -0.1) is 22.7 Å². The van der Waals surface area contributed by atoms with Gasteiger partial charge >= 0.3 is 0 Å². The number of thiophene rings is 1. The Bertz CT molecular complexity index is 708. The summed E-state index contributed by atoms with van der Waals surface area (Å²) >= 11 is 10.0. The van der Waals surface area contributed by atoms with Gasteiger partial charge < -0.3 is 0 Å². The van der Waals surface area contributed by atoms with Crippen LogP contribution in [0.25, 0.3) is 0 Å². The zero-order chi connectivity index (χ0) is 15.4. The third-order valence-electron chi connectivity index (χ3n) is 3.44. The Morgan fingerprint density at radius 3 is 1.86 bits per heavy atom. The average Bonchev–Trinajstić information content (AvgIpc) is 3.11. The van der Waals surface area contributed by atoms with Crippen molar-refractivity contribution in [2.45, 2.75) is 12.2 Å². The van der Waals surface area contributed by atoms with E-state index in [4.69, 9.17) is 11.8 Å². The lowest BCUT2D eigenvalue weighted by Crippen LogP contribution is -2.13. The maximum Gasteiger partial charge on any atom is 0.0619 e. The van der Waals surface area contributed by atoms with Gasteiger partial charge in [-0.05, 0) is 29.0 Å². The highest BCUT2D eigenvalue weighted by Crippen LogP contribution is 2.62. The van der Waals surface area contributed by atoms with E-state index in [1.165, 1.54) is 15.5 Å². The van der Waals surface area contributed by atoms with Crippen molar-refractivity contribution in [2.75, 3.05) is 0 Å². The van der Waals surface area contributed by atoms with E-state index in [-0.39, 0.29) is 0 Å². The zero-order valence-corrected chi connectivity index (χ0v) is 15.6. The minimum absolute atomic E-state index is 0.409. The second-order valence-electron chi connectivity index (χ2n) is 4.99. The molecule has 22 heavy (non-hydrogen) atoms. The molecule has 1 atom stereocenters. The second kappa shape index (κ2) is 7.14. The summed E-state index contributed by atoms with van der Waals surface area (Å²) in [4.78, 5) is 1.39. The lowest BCUT2D eigenvalue weighted by atomic mass is 10.4. The Labute approximate surface area is 145 Å². The third-order valence-corrected chi connectivity index (χ3v) is 12.6. The smallest absolute Gasteiger partial charge is 0.0619 e. The first-order valence-corrected chi connectivity index (χ1v) is 12.3. The van der Waals surface area contributed by atoms with Gasteiger partial charge in [0.05, 0.1) is 5.24 Å². The van der Waals surface area contributed by atoms with Crippen LogP contribution in [-0.2, 0) is 11.8 Å². The number of rotatable bonds is 5. The molecule has 0 fully saturated rings. The molecule has 0 nitrogen and oxygen atoms in total. The van der Waals surface area contributed by atoms with Gasteiger partial charge in [0.25, 0.3) is 0 Å². The van der Waals surface area contributed by atoms with Gasteiger partial charge in [-0.2, -0.15) is 0 Å². The van der Waals surface area contributed by atoms with E-state index in [0.717, 1.165) is 0 Å². The van der Waals surface area contributed by atoms with E-state index < -0.39 is 5.24 Å². The molecule has 3 aromatic rings. The summed E-state index contributed by atoms with van der Waals surface area (Å²) in [5.74, 6) is 0. The van der Waals surface area contributed by atoms with E-state index >= 15 is 0 Å². The molecule has 1 heterocycles. The molecule has 1 unspecified atom stereocenters. The molecule has 2 aromatic carbocycles. The molecule has 0 saturated heterocycles. The van der Waals surface area contributed by atoms with Crippen molar-refractivity contribution in [1.82, 2.24) is 0 Å². The molecule has 4 heteroatoms. The van der Waals surface area contributed by atoms with Crippen molar-refractivity contribution < 1.29 is 0 Å². The summed E-state index contributed by atoms with van der Waals surface area (Å²) < 4.78 is 0. The first-order valence-electron chi connectivity index (χ1n) is 7.13. The molecular weight excluding hydrogens is 343 g/mol. The monoisotopic (exact) mass is 360 g/mol. The standard InChI is InChI=1S/C18H17PS3/c1-15(18-13-8-14-21-18)22-19(20,16-9-4-2-5-10-16)17-11-6-3-7-12-17/h2-15H,1H3. The molecule has 3 rings (SSSR count). The molecule has 0 amide bonds. The van der Waals surface area contributed by atoms with E-state index in [1.807, 2.05) is 22.7 Å². The minimum atomic E-state index is -1.86. The van der Waals surface area contributed by atoms with Crippen molar-refractivity contribution in [3.8, 4) is 0 Å². The van der Waals surface area contributed by atoms with Crippen LogP contribution in [0.5, 0.6) is 0 Å². The molecule has 0 radical (unpaired) electrons. The van der Waals surface area contributed by atoms with Crippen molar-refractivity contribution in [3.63, 3.8) is 0 Å². The largest absolute Gasteiger partial charge is 0.148 e. The summed E-state index contributed by atoms with van der Waals surface area (Å²) in [6.45, 7) is 2.27. The summed E-state index contributed by atoms with van der Waals surface area (Å²) in [6, 6.07) is 25.5. The number of hydrogen-bond donors (Lipinski definition) is 0. The minimum Gasteiger partial charge on any atom is -0.148 e. The maximum atomic E-state index is 6.26. The van der Waals surface area contributed by atoms with Gasteiger partial charge in [0.15, 0.2) is 0 Å². The van der Waals surface area contributed by atoms with Crippen molar-refractivity contribution in [2.24, 2.45) is 0 Å². The van der Waals surface area contributed by atoms with E-state index in [9.17, 15) is 0 Å². The molecule has 0 aliphatic rings. The Kier molecular flexibility index (Phi) is 5.20. The number of benzene rings is 2. The van der Waals surface area contributed by atoms with Gasteiger partial charge in [0, 0.05) is 10.1 Å². The van der Waals surface area contributed by atoms with Crippen LogP contribution in [0.3, 0.4) is 0 Å². The van der Waals surface area contributed by atoms with E-state index in [0.29, 0.717) is 5.25 Å². The summed E-state index contributed by atoms with van der Waals surface area (Å²) in [5, 5.41) is 3.25. The molecular formula is C18H17PS3. The zero-order valence-electron chi connectivity index (χ0n) is 12.3. The molecule has 0 saturated carbocycles. The highest BCUT2D eigenvalue weighted by molar-refractivity contribution is 8.75. The lowest BCUT2D eigenvalue weighted by molar-refractivity contribution is 1.15. The predicted molar refractivity (Wildman–Crippen MR) is 107 cm³/mol. The van der Waals surface area contributed by atoms with Crippen LogP contribution >= 0.6 is 28.0 Å². The molecule has 0 spiro atoms. The van der Waals surface area contributed by atoms with Gasteiger partial charge in [-0.25, -0.2) is 0 Å². The quantitative estimate of drug-likeness (QED) is 0.544. The van der Waals surface area contributed by atoms with Gasteiger partial charge in [0.2, 0.25) is 0 Å². The summed E-state index contributed by atoms with van der Waals surface area (Å²) in [6.07, 6.45) is 0. The second-order valence-corrected chi connectivity index (χ2v) is 13.6. The number of hydrogen-bond acceptors (Lipinski definition) is 3. The molecule has 1 aromatic heterocycles. The Morgan fingerprint density at radius 1 is 0.864 bits per heavy atom. The fourth-order valence-corrected chi connectivity index (χ4v) is 10.8. The van der Waals surface area contributed by atoms with Crippen LogP contribution in [0.1, 0.15) is 17.1 Å². The van der Waals surface area contributed by atoms with Crippen LogP contribution in [0, 0.1) is 0 Å². The maximum absolute atomic E-state index is 6.26. The van der Waals surface area contributed by atoms with Crippen molar-refractivity contribution in [1.29, 1.82) is 0 Å². The van der Waals surface area contributed by atoms with Crippen LogP contribution in [0.4, 0.5) is 0 Å². The topological polar surface area (TPSA) is 0 Å². The highest BCUT2D eigenvalue weighted by atomic mass is 32.9. The van der Waals surface area contributed by atoms with Gasteiger partial charge in [-0.1, -0.05) is 78.5 Å². The van der Waals surface area contributed by atoms with Crippen LogP contribution in [0.2, 0.25) is 0 Å². The molecule has 0 aliphatic carbocycles. The molecule has 0 bridgehead atoms. The average molecular weight is 361 g/mol. The van der Waals surface area contributed by atoms with Crippen LogP contribution < -0.4 is 10.6 Å².